The van der Waals surface area contributed by atoms with Crippen molar-refractivity contribution in [2.45, 2.75) is 26.0 Å². The van der Waals surface area contributed by atoms with E-state index < -0.39 is 6.10 Å². The van der Waals surface area contributed by atoms with Crippen molar-refractivity contribution in [3.8, 4) is 0 Å². The molecule has 1 amide bonds. The first kappa shape index (κ1) is 14.3. The van der Waals surface area contributed by atoms with Crippen LogP contribution in [0.2, 0.25) is 0 Å². The Morgan fingerprint density at radius 1 is 1.53 bits per heavy atom. The SMILES string of the molecule is CC1CCN(C(=O)Cn2cc(Br)ccc2=O)CC1O. The van der Waals surface area contributed by atoms with E-state index in [1.165, 1.54) is 10.6 Å². The van der Waals surface area contributed by atoms with Gasteiger partial charge in [-0.05, 0) is 34.3 Å². The van der Waals surface area contributed by atoms with Gasteiger partial charge in [0.05, 0.1) is 6.10 Å². The Balaban J connectivity index is 2.05. The number of piperidine rings is 1. The molecular formula is C13H17BrN2O3. The summed E-state index contributed by atoms with van der Waals surface area (Å²) in [5.74, 6) is 0.0868. The zero-order valence-corrected chi connectivity index (χ0v) is 12.3. The monoisotopic (exact) mass is 328 g/mol. The summed E-state index contributed by atoms with van der Waals surface area (Å²) in [6, 6.07) is 3.07. The molecule has 0 aromatic carbocycles. The topological polar surface area (TPSA) is 62.5 Å². The van der Waals surface area contributed by atoms with E-state index in [-0.39, 0.29) is 23.9 Å². The molecule has 6 heteroatoms. The van der Waals surface area contributed by atoms with E-state index in [2.05, 4.69) is 15.9 Å². The quantitative estimate of drug-likeness (QED) is 0.875. The van der Waals surface area contributed by atoms with Gasteiger partial charge < -0.3 is 14.6 Å². The second-order valence-electron chi connectivity index (χ2n) is 4.99. The minimum absolute atomic E-state index is 0.0133. The molecule has 0 radical (unpaired) electrons. The first-order valence-electron chi connectivity index (χ1n) is 6.29. The zero-order chi connectivity index (χ0) is 14.0. The van der Waals surface area contributed by atoms with Crippen LogP contribution in [-0.2, 0) is 11.3 Å². The van der Waals surface area contributed by atoms with Crippen LogP contribution < -0.4 is 5.56 Å². The molecular weight excluding hydrogens is 312 g/mol. The lowest BCUT2D eigenvalue weighted by atomic mass is 9.96. The van der Waals surface area contributed by atoms with Crippen molar-refractivity contribution in [3.05, 3.63) is 33.2 Å². The van der Waals surface area contributed by atoms with Crippen molar-refractivity contribution in [3.63, 3.8) is 0 Å². The Morgan fingerprint density at radius 3 is 2.95 bits per heavy atom. The molecule has 2 atom stereocenters. The van der Waals surface area contributed by atoms with Gasteiger partial charge in [0.1, 0.15) is 6.54 Å². The van der Waals surface area contributed by atoms with Crippen molar-refractivity contribution in [1.29, 1.82) is 0 Å². The number of carbonyl (C=O) groups is 1. The van der Waals surface area contributed by atoms with Crippen LogP contribution in [0, 0.1) is 5.92 Å². The number of halogens is 1. The maximum Gasteiger partial charge on any atom is 0.251 e. The maximum atomic E-state index is 12.1. The van der Waals surface area contributed by atoms with Gasteiger partial charge in [0, 0.05) is 29.8 Å². The summed E-state index contributed by atoms with van der Waals surface area (Å²) < 4.78 is 2.13. The van der Waals surface area contributed by atoms with E-state index in [9.17, 15) is 14.7 Å². The number of aromatic nitrogens is 1. The molecule has 0 bridgehead atoms. The number of β-amino-alcohol motifs (C(OH)–C–C–N with tert-alkyl or cyclic N) is 1. The van der Waals surface area contributed by atoms with Crippen LogP contribution in [0.5, 0.6) is 0 Å². The molecule has 1 aliphatic rings. The highest BCUT2D eigenvalue weighted by molar-refractivity contribution is 9.10. The second kappa shape index (κ2) is 5.88. The summed E-state index contributed by atoms with van der Waals surface area (Å²) in [6.45, 7) is 2.98. The number of hydrogen-bond acceptors (Lipinski definition) is 3. The number of aliphatic hydroxyl groups is 1. The Morgan fingerprint density at radius 2 is 2.26 bits per heavy atom. The van der Waals surface area contributed by atoms with E-state index in [1.807, 2.05) is 6.92 Å². The van der Waals surface area contributed by atoms with Crippen molar-refractivity contribution < 1.29 is 9.90 Å². The van der Waals surface area contributed by atoms with Crippen LogP contribution in [0.3, 0.4) is 0 Å². The third kappa shape index (κ3) is 3.45. The van der Waals surface area contributed by atoms with Crippen LogP contribution in [0.1, 0.15) is 13.3 Å². The van der Waals surface area contributed by atoms with Crippen LogP contribution in [-0.4, -0.2) is 39.7 Å². The molecule has 0 saturated carbocycles. The van der Waals surface area contributed by atoms with E-state index in [4.69, 9.17) is 0 Å². The van der Waals surface area contributed by atoms with Crippen molar-refractivity contribution >= 4 is 21.8 Å². The number of carbonyl (C=O) groups excluding carboxylic acids is 1. The summed E-state index contributed by atoms with van der Waals surface area (Å²) in [6.07, 6.45) is 1.92. The van der Waals surface area contributed by atoms with Gasteiger partial charge in [-0.3, -0.25) is 9.59 Å². The van der Waals surface area contributed by atoms with Crippen molar-refractivity contribution in [2.24, 2.45) is 5.92 Å². The highest BCUT2D eigenvalue weighted by Gasteiger charge is 2.27. The van der Waals surface area contributed by atoms with Crippen LogP contribution >= 0.6 is 15.9 Å². The van der Waals surface area contributed by atoms with Gasteiger partial charge in [-0.2, -0.15) is 0 Å². The molecule has 0 aliphatic carbocycles. The first-order valence-corrected chi connectivity index (χ1v) is 7.08. The summed E-state index contributed by atoms with van der Waals surface area (Å²) in [4.78, 5) is 25.4. The third-order valence-corrected chi connectivity index (χ3v) is 3.99. The molecule has 19 heavy (non-hydrogen) atoms. The number of amides is 1. The summed E-state index contributed by atoms with van der Waals surface area (Å²) >= 11 is 3.28. The van der Waals surface area contributed by atoms with Crippen LogP contribution in [0.15, 0.2) is 27.6 Å². The molecule has 1 N–H and O–H groups in total. The largest absolute Gasteiger partial charge is 0.391 e. The minimum atomic E-state index is -0.475. The number of aliphatic hydroxyl groups excluding tert-OH is 1. The van der Waals surface area contributed by atoms with E-state index in [1.54, 1.807) is 17.2 Å². The van der Waals surface area contributed by atoms with E-state index in [0.29, 0.717) is 13.1 Å². The molecule has 0 spiro atoms. The molecule has 1 aromatic rings. The Labute approximate surface area is 120 Å². The maximum absolute atomic E-state index is 12.1. The molecule has 1 aliphatic heterocycles. The van der Waals surface area contributed by atoms with Crippen molar-refractivity contribution in [1.82, 2.24) is 9.47 Å². The number of pyridine rings is 1. The smallest absolute Gasteiger partial charge is 0.251 e. The number of hydrogen-bond donors (Lipinski definition) is 1. The van der Waals surface area contributed by atoms with E-state index >= 15 is 0 Å². The van der Waals surface area contributed by atoms with Gasteiger partial charge in [-0.25, -0.2) is 0 Å². The lowest BCUT2D eigenvalue weighted by molar-refractivity contribution is -0.136. The molecule has 2 rings (SSSR count). The summed E-state index contributed by atoms with van der Waals surface area (Å²) in [5, 5.41) is 9.79. The van der Waals surface area contributed by atoms with Gasteiger partial charge in [0.25, 0.3) is 5.56 Å². The molecule has 1 fully saturated rings. The molecule has 2 heterocycles. The lowest BCUT2D eigenvalue weighted by Gasteiger charge is -2.34. The molecule has 1 saturated heterocycles. The molecule has 2 unspecified atom stereocenters. The predicted octanol–water partition coefficient (Wildman–Crippen LogP) is 0.840. The Kier molecular flexibility index (Phi) is 4.42. The first-order chi connectivity index (χ1) is 8.97. The lowest BCUT2D eigenvalue weighted by Crippen LogP contribution is -2.47. The number of likely N-dealkylation sites (tertiary alicyclic amines) is 1. The fourth-order valence-electron chi connectivity index (χ4n) is 2.15. The summed E-state index contributed by atoms with van der Waals surface area (Å²) in [7, 11) is 0. The third-order valence-electron chi connectivity index (χ3n) is 3.52. The molecule has 5 nitrogen and oxygen atoms in total. The Hall–Kier alpha value is -1.14. The second-order valence-corrected chi connectivity index (χ2v) is 5.90. The highest BCUT2D eigenvalue weighted by Crippen LogP contribution is 2.17. The minimum Gasteiger partial charge on any atom is -0.391 e. The molecule has 1 aromatic heterocycles. The van der Waals surface area contributed by atoms with Gasteiger partial charge in [-0.15, -0.1) is 0 Å². The Bertz CT molecular complexity index is 529. The fraction of sp³-hybridized carbons (Fsp3) is 0.538. The summed E-state index contributed by atoms with van der Waals surface area (Å²) in [5.41, 5.74) is -0.206. The highest BCUT2D eigenvalue weighted by atomic mass is 79.9. The molecule has 104 valence electrons. The standard InChI is InChI=1S/C13H17BrN2O3/c1-9-4-5-15(7-11(9)17)13(19)8-16-6-10(14)2-3-12(16)18/h2-3,6,9,11,17H,4-5,7-8H2,1H3. The van der Waals surface area contributed by atoms with Crippen LogP contribution in [0.4, 0.5) is 0 Å². The fourth-order valence-corrected chi connectivity index (χ4v) is 2.53. The predicted molar refractivity (Wildman–Crippen MR) is 74.8 cm³/mol. The van der Waals surface area contributed by atoms with Gasteiger partial charge in [-0.1, -0.05) is 6.92 Å². The number of rotatable bonds is 2. The van der Waals surface area contributed by atoms with E-state index in [0.717, 1.165) is 10.9 Å². The average molecular weight is 329 g/mol. The normalized spacial score (nSPS) is 23.4. The average Bonchev–Trinajstić information content (AvgIpc) is 2.37. The van der Waals surface area contributed by atoms with Gasteiger partial charge in [0.2, 0.25) is 5.91 Å². The zero-order valence-electron chi connectivity index (χ0n) is 10.8. The number of nitrogens with zero attached hydrogens (tertiary/aromatic N) is 2. The van der Waals surface area contributed by atoms with Crippen molar-refractivity contribution in [2.75, 3.05) is 13.1 Å². The van der Waals surface area contributed by atoms with Gasteiger partial charge in [0.15, 0.2) is 0 Å². The van der Waals surface area contributed by atoms with Gasteiger partial charge >= 0.3 is 0 Å². The van der Waals surface area contributed by atoms with Crippen LogP contribution in [0.25, 0.3) is 0 Å².